The summed E-state index contributed by atoms with van der Waals surface area (Å²) in [5.74, 6) is 0.374. The molecule has 0 spiro atoms. The van der Waals surface area contributed by atoms with Gasteiger partial charge in [-0.1, -0.05) is 20.8 Å². The van der Waals surface area contributed by atoms with Crippen LogP contribution in [0.25, 0.3) is 0 Å². The van der Waals surface area contributed by atoms with Gasteiger partial charge >= 0.3 is 0 Å². The van der Waals surface area contributed by atoms with Crippen LogP contribution in [0.15, 0.2) is 23.1 Å². The van der Waals surface area contributed by atoms with Crippen LogP contribution in [-0.4, -0.2) is 56.0 Å². The summed E-state index contributed by atoms with van der Waals surface area (Å²) < 4.78 is 27.6. The fraction of sp³-hybridized carbons (Fsp3) is 0.682. The highest BCUT2D eigenvalue weighted by molar-refractivity contribution is 7.89. The van der Waals surface area contributed by atoms with E-state index in [1.54, 1.807) is 19.2 Å². The second kappa shape index (κ2) is 7.21. The largest absolute Gasteiger partial charge is 0.392 e. The molecule has 3 aliphatic rings. The molecule has 1 heterocycles. The van der Waals surface area contributed by atoms with Crippen LogP contribution in [0, 0.1) is 16.7 Å². The van der Waals surface area contributed by atoms with Crippen molar-refractivity contribution < 1.29 is 18.3 Å². The number of hydrogen-bond donors (Lipinski definition) is 3. The Kier molecular flexibility index (Phi) is 5.19. The maximum atomic E-state index is 13.2. The van der Waals surface area contributed by atoms with E-state index in [1.165, 1.54) is 16.8 Å². The van der Waals surface area contributed by atoms with Gasteiger partial charge in [0.2, 0.25) is 10.0 Å². The van der Waals surface area contributed by atoms with Gasteiger partial charge in [-0.25, -0.2) is 8.42 Å². The number of aliphatic hydroxyl groups is 1. The van der Waals surface area contributed by atoms with Gasteiger partial charge in [0, 0.05) is 31.7 Å². The lowest BCUT2D eigenvalue weighted by Crippen LogP contribution is -2.52. The first-order chi connectivity index (χ1) is 14.0. The minimum absolute atomic E-state index is 0.0220. The molecule has 0 aromatic heterocycles. The fourth-order valence-corrected chi connectivity index (χ4v) is 7.74. The minimum atomic E-state index is -3.81. The average molecular weight is 436 g/mol. The van der Waals surface area contributed by atoms with Crippen LogP contribution >= 0.6 is 0 Å². The number of nitrogens with one attached hydrogen (secondary N) is 2. The number of amides is 1. The Morgan fingerprint density at radius 1 is 1.23 bits per heavy atom. The molecule has 7 nitrogen and oxygen atoms in total. The van der Waals surface area contributed by atoms with E-state index in [9.17, 15) is 18.3 Å². The third kappa shape index (κ3) is 3.33. The highest BCUT2D eigenvalue weighted by Crippen LogP contribution is 2.62. The number of hydrogen-bond acceptors (Lipinski definition) is 5. The molecular formula is C22H33N3O4S. The van der Waals surface area contributed by atoms with Crippen LogP contribution in [-0.2, 0) is 10.0 Å². The van der Waals surface area contributed by atoms with Gasteiger partial charge in [-0.05, 0) is 60.6 Å². The first kappa shape index (κ1) is 21.6. The van der Waals surface area contributed by atoms with Crippen molar-refractivity contribution in [2.45, 2.75) is 63.5 Å². The van der Waals surface area contributed by atoms with E-state index in [0.717, 1.165) is 12.8 Å². The Morgan fingerprint density at radius 3 is 2.53 bits per heavy atom. The number of anilines is 1. The molecule has 8 heteroatoms. The van der Waals surface area contributed by atoms with Gasteiger partial charge in [0.25, 0.3) is 5.91 Å². The molecule has 0 radical (unpaired) electrons. The monoisotopic (exact) mass is 435 g/mol. The highest BCUT2D eigenvalue weighted by atomic mass is 32.2. The molecule has 1 aromatic rings. The lowest BCUT2D eigenvalue weighted by Gasteiger charge is -2.43. The van der Waals surface area contributed by atoms with Crippen molar-refractivity contribution in [2.24, 2.45) is 16.7 Å². The van der Waals surface area contributed by atoms with Gasteiger partial charge in [-0.15, -0.1) is 0 Å². The normalized spacial score (nSPS) is 33.0. The standard InChI is InChI=1S/C22H33N3O4S/c1-21(2)15-7-9-22(3,12-15)20(21)24-19(27)14-5-6-17(23-4)18(11-14)30(28,29)25-10-8-16(26)13-25/h5-6,11,15-16,20,23,26H,7-10,12-13H2,1-4H3,(H,24,27)/t15-,16-,20?,22+/m1/s1. The van der Waals surface area contributed by atoms with Crippen LogP contribution in [0.2, 0.25) is 0 Å². The van der Waals surface area contributed by atoms with Gasteiger partial charge in [0.1, 0.15) is 4.90 Å². The van der Waals surface area contributed by atoms with Crippen molar-refractivity contribution in [2.75, 3.05) is 25.5 Å². The third-order valence-electron chi connectivity index (χ3n) is 7.80. The zero-order chi connectivity index (χ0) is 21.9. The molecule has 4 atom stereocenters. The fourth-order valence-electron chi connectivity index (χ4n) is 6.03. The average Bonchev–Trinajstić information content (AvgIpc) is 3.36. The zero-order valence-electron chi connectivity index (χ0n) is 18.2. The van der Waals surface area contributed by atoms with Crippen LogP contribution in [0.1, 0.15) is 56.8 Å². The summed E-state index contributed by atoms with van der Waals surface area (Å²) in [7, 11) is -2.15. The van der Waals surface area contributed by atoms with E-state index >= 15 is 0 Å². The van der Waals surface area contributed by atoms with Crippen molar-refractivity contribution in [1.82, 2.24) is 9.62 Å². The smallest absolute Gasteiger partial charge is 0.251 e. The topological polar surface area (TPSA) is 98.7 Å². The summed E-state index contributed by atoms with van der Waals surface area (Å²) in [6.45, 7) is 7.07. The molecule has 1 unspecified atom stereocenters. The Labute approximate surface area is 179 Å². The maximum absolute atomic E-state index is 13.2. The predicted octanol–water partition coefficient (Wildman–Crippen LogP) is 2.43. The molecule has 2 aliphatic carbocycles. The van der Waals surface area contributed by atoms with E-state index < -0.39 is 16.1 Å². The number of β-amino-alcohol motifs (C(OH)–C–C–N with tert-alkyl or cyclic N) is 1. The van der Waals surface area contributed by atoms with E-state index in [-0.39, 0.29) is 40.8 Å². The van der Waals surface area contributed by atoms with Crippen molar-refractivity contribution in [3.63, 3.8) is 0 Å². The van der Waals surface area contributed by atoms with E-state index in [2.05, 4.69) is 31.4 Å². The number of rotatable bonds is 5. The molecule has 1 amide bonds. The van der Waals surface area contributed by atoms with Crippen molar-refractivity contribution in [3.8, 4) is 0 Å². The summed E-state index contributed by atoms with van der Waals surface area (Å²) in [4.78, 5) is 13.3. The van der Waals surface area contributed by atoms with Gasteiger partial charge in [0.05, 0.1) is 11.8 Å². The molecule has 3 fully saturated rings. The summed E-state index contributed by atoms with van der Waals surface area (Å²) in [5.41, 5.74) is 0.901. The lowest BCUT2D eigenvalue weighted by atomic mass is 9.68. The van der Waals surface area contributed by atoms with Gasteiger partial charge in [-0.2, -0.15) is 4.31 Å². The molecule has 30 heavy (non-hydrogen) atoms. The second-order valence-electron chi connectivity index (χ2n) is 10.1. The molecule has 1 aromatic carbocycles. The number of carbonyl (C=O) groups excluding carboxylic acids is 1. The molecular weight excluding hydrogens is 402 g/mol. The summed E-state index contributed by atoms with van der Waals surface area (Å²) in [6.07, 6.45) is 3.22. The van der Waals surface area contributed by atoms with E-state index in [0.29, 0.717) is 23.6 Å². The summed E-state index contributed by atoms with van der Waals surface area (Å²) in [6, 6.07) is 4.83. The first-order valence-corrected chi connectivity index (χ1v) is 12.2. The molecule has 4 rings (SSSR count). The molecule has 2 saturated carbocycles. The summed E-state index contributed by atoms with van der Waals surface area (Å²) in [5, 5.41) is 15.9. The van der Waals surface area contributed by atoms with Crippen LogP contribution in [0.5, 0.6) is 0 Å². The second-order valence-corrected chi connectivity index (χ2v) is 12.0. The van der Waals surface area contributed by atoms with Crippen LogP contribution < -0.4 is 10.6 Å². The summed E-state index contributed by atoms with van der Waals surface area (Å²) >= 11 is 0. The quantitative estimate of drug-likeness (QED) is 0.660. The first-order valence-electron chi connectivity index (χ1n) is 10.8. The van der Waals surface area contributed by atoms with E-state index in [4.69, 9.17) is 0 Å². The molecule has 1 saturated heterocycles. The van der Waals surface area contributed by atoms with Gasteiger partial charge < -0.3 is 15.7 Å². The number of sulfonamides is 1. The minimum Gasteiger partial charge on any atom is -0.392 e. The SMILES string of the molecule is CNc1ccc(C(=O)NC2C(C)(C)[C@@H]3CC[C@@]2(C)C3)cc1S(=O)(=O)N1CC[C@@H](O)C1. The lowest BCUT2D eigenvalue weighted by molar-refractivity contribution is 0.0737. The van der Waals surface area contributed by atoms with E-state index in [1.807, 2.05) is 0 Å². The van der Waals surface area contributed by atoms with Crippen LogP contribution in [0.4, 0.5) is 5.69 Å². The molecule has 166 valence electrons. The number of fused-ring (bicyclic) bond motifs is 2. The van der Waals surface area contributed by atoms with Crippen molar-refractivity contribution >= 4 is 21.6 Å². The Morgan fingerprint density at radius 2 is 1.97 bits per heavy atom. The maximum Gasteiger partial charge on any atom is 0.251 e. The third-order valence-corrected chi connectivity index (χ3v) is 9.71. The number of nitrogens with zero attached hydrogens (tertiary/aromatic N) is 1. The van der Waals surface area contributed by atoms with Crippen LogP contribution in [0.3, 0.4) is 0 Å². The molecule has 2 bridgehead atoms. The number of carbonyl (C=O) groups is 1. The Hall–Kier alpha value is -1.64. The Balaban J connectivity index is 1.63. The van der Waals surface area contributed by atoms with Gasteiger partial charge in [0.15, 0.2) is 0 Å². The number of aliphatic hydroxyl groups excluding tert-OH is 1. The van der Waals surface area contributed by atoms with Crippen molar-refractivity contribution in [3.05, 3.63) is 23.8 Å². The molecule has 3 N–H and O–H groups in total. The molecule has 1 aliphatic heterocycles. The highest BCUT2D eigenvalue weighted by Gasteiger charge is 2.59. The van der Waals surface area contributed by atoms with Crippen molar-refractivity contribution in [1.29, 1.82) is 0 Å². The predicted molar refractivity (Wildman–Crippen MR) is 116 cm³/mol. The van der Waals surface area contributed by atoms with Gasteiger partial charge in [-0.3, -0.25) is 4.79 Å². The number of benzene rings is 1. The Bertz CT molecular complexity index is 956. The zero-order valence-corrected chi connectivity index (χ0v) is 19.1.